The Morgan fingerprint density at radius 2 is 1.91 bits per heavy atom. The number of nitrogens with one attached hydrogen (secondary N) is 2. The molecule has 0 unspecified atom stereocenters. The zero-order valence-electron chi connectivity index (χ0n) is 13.3. The van der Waals surface area contributed by atoms with Crippen molar-refractivity contribution in [3.8, 4) is 0 Å². The quantitative estimate of drug-likeness (QED) is 0.800. The van der Waals surface area contributed by atoms with Crippen molar-refractivity contribution in [2.24, 2.45) is 0 Å². The molecule has 0 aromatic heterocycles. The Labute approximate surface area is 137 Å². The van der Waals surface area contributed by atoms with Crippen molar-refractivity contribution in [2.45, 2.75) is 31.7 Å². The monoisotopic (exact) mass is 336 g/mol. The van der Waals surface area contributed by atoms with Crippen LogP contribution in [0.1, 0.15) is 19.4 Å². The van der Waals surface area contributed by atoms with Crippen LogP contribution in [0.15, 0.2) is 40.4 Å². The van der Waals surface area contributed by atoms with Gasteiger partial charge in [-0.25, -0.2) is 9.59 Å². The average molecular weight is 336 g/mol. The molecule has 0 saturated carbocycles. The molecule has 2 rings (SSSR count). The second-order valence-corrected chi connectivity index (χ2v) is 6.73. The maximum Gasteiger partial charge on any atom is 0.337 e. The first kappa shape index (κ1) is 17.2. The molecule has 0 aliphatic carbocycles. The molecule has 1 aliphatic rings. The average Bonchev–Trinajstić information content (AvgIpc) is 2.47. The highest BCUT2D eigenvalue weighted by Gasteiger charge is 2.32. The van der Waals surface area contributed by atoms with Crippen molar-refractivity contribution >= 4 is 22.8 Å². The summed E-state index contributed by atoms with van der Waals surface area (Å²) in [6.07, 6.45) is 0. The second-order valence-electron chi connectivity index (χ2n) is 5.24. The van der Waals surface area contributed by atoms with Gasteiger partial charge in [0.15, 0.2) is 0 Å². The van der Waals surface area contributed by atoms with Gasteiger partial charge in [-0.3, -0.25) is 4.21 Å². The van der Waals surface area contributed by atoms with Gasteiger partial charge in [-0.05, 0) is 32.9 Å². The second kappa shape index (κ2) is 7.41. The van der Waals surface area contributed by atoms with Crippen molar-refractivity contribution in [2.75, 3.05) is 12.4 Å². The molecule has 0 bridgehead atoms. The van der Waals surface area contributed by atoms with E-state index in [1.165, 1.54) is 0 Å². The lowest BCUT2D eigenvalue weighted by Crippen LogP contribution is -2.52. The summed E-state index contributed by atoms with van der Waals surface area (Å²) in [7, 11) is -1.34. The number of carbonyl (C=O) groups excluding carboxylic acids is 2. The highest BCUT2D eigenvalue weighted by Crippen LogP contribution is 2.18. The molecule has 1 aromatic rings. The van der Waals surface area contributed by atoms with E-state index in [0.29, 0.717) is 16.2 Å². The molecule has 2 atom stereocenters. The van der Waals surface area contributed by atoms with Crippen LogP contribution in [-0.4, -0.2) is 34.6 Å². The number of rotatable bonds is 5. The fraction of sp³-hybridized carbons (Fsp3) is 0.375. The summed E-state index contributed by atoms with van der Waals surface area (Å²) in [5.74, 6) is -0.398. The lowest BCUT2D eigenvalue weighted by molar-refractivity contribution is -0.138. The van der Waals surface area contributed by atoms with Crippen LogP contribution in [0.3, 0.4) is 0 Å². The fourth-order valence-corrected chi connectivity index (χ4v) is 3.52. The predicted molar refractivity (Wildman–Crippen MR) is 87.2 cm³/mol. The lowest BCUT2D eigenvalue weighted by Gasteiger charge is -2.27. The summed E-state index contributed by atoms with van der Waals surface area (Å²) >= 11 is 0. The van der Waals surface area contributed by atoms with Crippen LogP contribution < -0.4 is 10.6 Å². The number of ether oxygens (including phenoxy) is 1. The van der Waals surface area contributed by atoms with Crippen molar-refractivity contribution in [3.63, 3.8) is 0 Å². The van der Waals surface area contributed by atoms with Crippen molar-refractivity contribution in [1.82, 2.24) is 10.6 Å². The number of allylic oxidation sites excluding steroid dienone is 1. The summed E-state index contributed by atoms with van der Waals surface area (Å²) in [6, 6.07) is 6.26. The summed E-state index contributed by atoms with van der Waals surface area (Å²) in [5, 5.41) is 5.20. The molecule has 23 heavy (non-hydrogen) atoms. The number of hydrogen-bond donors (Lipinski definition) is 2. The Morgan fingerprint density at radius 3 is 2.52 bits per heavy atom. The molecule has 7 heteroatoms. The predicted octanol–water partition coefficient (Wildman–Crippen LogP) is 1.62. The third-order valence-electron chi connectivity index (χ3n) is 3.46. The lowest BCUT2D eigenvalue weighted by atomic mass is 10.1. The van der Waals surface area contributed by atoms with Gasteiger partial charge in [-0.2, -0.15) is 0 Å². The highest BCUT2D eigenvalue weighted by molar-refractivity contribution is 7.85. The van der Waals surface area contributed by atoms with E-state index in [1.807, 2.05) is 19.1 Å². The van der Waals surface area contributed by atoms with E-state index in [-0.39, 0.29) is 12.4 Å². The van der Waals surface area contributed by atoms with E-state index in [9.17, 15) is 13.8 Å². The number of esters is 1. The van der Waals surface area contributed by atoms with E-state index >= 15 is 0 Å². The normalized spacial score (nSPS) is 18.9. The number of carbonyl (C=O) groups is 2. The Morgan fingerprint density at radius 1 is 1.26 bits per heavy atom. The van der Waals surface area contributed by atoms with Gasteiger partial charge >= 0.3 is 12.0 Å². The number of benzene rings is 1. The van der Waals surface area contributed by atoms with Crippen LogP contribution in [0.4, 0.5) is 4.79 Å². The molecular formula is C16H20N2O4S. The molecule has 2 N–H and O–H groups in total. The first-order chi connectivity index (χ1) is 10.9. The van der Waals surface area contributed by atoms with Gasteiger partial charge in [0, 0.05) is 10.6 Å². The SMILES string of the molecule is CCOC(=O)C1=C(C)NC(=O)N[C@H]1C[S@@](=O)c1ccc(C)cc1. The van der Waals surface area contributed by atoms with Crippen LogP contribution in [-0.2, 0) is 20.3 Å². The maximum atomic E-state index is 12.5. The van der Waals surface area contributed by atoms with Crippen LogP contribution in [0.5, 0.6) is 0 Å². The molecule has 1 aromatic carbocycles. The zero-order valence-corrected chi connectivity index (χ0v) is 14.2. The fourth-order valence-electron chi connectivity index (χ4n) is 2.33. The van der Waals surface area contributed by atoms with Crippen LogP contribution in [0.25, 0.3) is 0 Å². The van der Waals surface area contributed by atoms with Crippen LogP contribution in [0.2, 0.25) is 0 Å². The van der Waals surface area contributed by atoms with Gasteiger partial charge in [0.2, 0.25) is 0 Å². The van der Waals surface area contributed by atoms with Gasteiger partial charge in [-0.15, -0.1) is 0 Å². The van der Waals surface area contributed by atoms with Gasteiger partial charge in [0.1, 0.15) is 0 Å². The summed E-state index contributed by atoms with van der Waals surface area (Å²) in [5.41, 5.74) is 1.81. The maximum absolute atomic E-state index is 12.5. The molecule has 0 fully saturated rings. The minimum atomic E-state index is -1.34. The molecule has 6 nitrogen and oxygen atoms in total. The molecule has 0 saturated heterocycles. The third kappa shape index (κ3) is 4.19. The van der Waals surface area contributed by atoms with Crippen LogP contribution in [0, 0.1) is 6.92 Å². The molecule has 2 amide bonds. The number of aryl methyl sites for hydroxylation is 1. The van der Waals surface area contributed by atoms with Gasteiger partial charge in [0.25, 0.3) is 0 Å². The van der Waals surface area contributed by atoms with Gasteiger partial charge in [-0.1, -0.05) is 17.7 Å². The van der Waals surface area contributed by atoms with E-state index in [0.717, 1.165) is 5.56 Å². The Bertz CT molecular complexity index is 667. The Hall–Kier alpha value is -2.15. The van der Waals surface area contributed by atoms with E-state index in [2.05, 4.69) is 10.6 Å². The molecule has 0 spiro atoms. The largest absolute Gasteiger partial charge is 0.463 e. The summed E-state index contributed by atoms with van der Waals surface area (Å²) < 4.78 is 17.6. The van der Waals surface area contributed by atoms with Gasteiger partial charge in [0.05, 0.1) is 34.8 Å². The number of amides is 2. The molecule has 1 heterocycles. The van der Waals surface area contributed by atoms with E-state index in [1.54, 1.807) is 26.0 Å². The first-order valence-electron chi connectivity index (χ1n) is 7.32. The smallest absolute Gasteiger partial charge is 0.337 e. The number of hydrogen-bond acceptors (Lipinski definition) is 4. The zero-order chi connectivity index (χ0) is 17.0. The van der Waals surface area contributed by atoms with Crippen molar-refractivity contribution < 1.29 is 18.5 Å². The third-order valence-corrected chi connectivity index (χ3v) is 4.89. The first-order valence-corrected chi connectivity index (χ1v) is 8.64. The van der Waals surface area contributed by atoms with E-state index in [4.69, 9.17) is 4.74 Å². The molecule has 124 valence electrons. The summed E-state index contributed by atoms with van der Waals surface area (Å²) in [4.78, 5) is 24.4. The topological polar surface area (TPSA) is 84.5 Å². The highest BCUT2D eigenvalue weighted by atomic mass is 32.2. The summed E-state index contributed by atoms with van der Waals surface area (Å²) in [6.45, 7) is 5.52. The standard InChI is InChI=1S/C16H20N2O4S/c1-4-22-15(19)14-11(3)17-16(20)18-13(14)9-23(21)12-7-5-10(2)6-8-12/h5-8,13H,4,9H2,1-3H3,(H2,17,18,20)/t13-,23+/m0/s1. The van der Waals surface area contributed by atoms with Gasteiger partial charge < -0.3 is 15.4 Å². The Balaban J connectivity index is 2.22. The molecule has 1 aliphatic heterocycles. The van der Waals surface area contributed by atoms with Crippen LogP contribution >= 0.6 is 0 Å². The van der Waals surface area contributed by atoms with Crippen molar-refractivity contribution in [3.05, 3.63) is 41.1 Å². The minimum Gasteiger partial charge on any atom is -0.463 e. The minimum absolute atomic E-state index is 0.113. The Kier molecular flexibility index (Phi) is 5.54. The van der Waals surface area contributed by atoms with Crippen molar-refractivity contribution in [1.29, 1.82) is 0 Å². The molecular weight excluding hydrogens is 316 g/mol. The number of urea groups is 1. The van der Waals surface area contributed by atoms with E-state index < -0.39 is 28.8 Å². The molecule has 0 radical (unpaired) electrons.